The summed E-state index contributed by atoms with van der Waals surface area (Å²) in [5.74, 6) is 1.89. The summed E-state index contributed by atoms with van der Waals surface area (Å²) >= 11 is 0. The smallest absolute Gasteiger partial charge is 0.0362 e. The van der Waals surface area contributed by atoms with Gasteiger partial charge in [-0.25, -0.2) is 0 Å². The zero-order valence-corrected chi connectivity index (χ0v) is 11.0. The summed E-state index contributed by atoms with van der Waals surface area (Å²) in [5.41, 5.74) is 6.54. The Labute approximate surface area is 101 Å². The standard InChI is InChI=1S/C14H28N2/c1-3-5-8-16(4-2)14(11-15)10-12-6-7-13(14)9-12/h12-13H,3-11,15H2,1-2H3. The number of hydrogen-bond donors (Lipinski definition) is 1. The number of nitrogens with zero attached hydrogens (tertiary/aromatic N) is 1. The SMILES string of the molecule is CCCCN(CC)C1(CN)CC2CCC1C2. The third-order valence-electron chi connectivity index (χ3n) is 5.09. The van der Waals surface area contributed by atoms with Gasteiger partial charge < -0.3 is 5.73 Å². The highest BCUT2D eigenvalue weighted by atomic mass is 15.2. The first-order chi connectivity index (χ1) is 7.76. The molecule has 2 aliphatic carbocycles. The van der Waals surface area contributed by atoms with Gasteiger partial charge in [0, 0.05) is 12.1 Å². The molecular weight excluding hydrogens is 196 g/mol. The van der Waals surface area contributed by atoms with E-state index in [4.69, 9.17) is 5.73 Å². The van der Waals surface area contributed by atoms with Crippen molar-refractivity contribution >= 4 is 0 Å². The number of nitrogens with two attached hydrogens (primary N) is 1. The zero-order valence-electron chi connectivity index (χ0n) is 11.0. The minimum atomic E-state index is 0.382. The lowest BCUT2D eigenvalue weighted by atomic mass is 9.79. The van der Waals surface area contributed by atoms with E-state index in [1.807, 2.05) is 0 Å². The van der Waals surface area contributed by atoms with Gasteiger partial charge in [0.1, 0.15) is 0 Å². The van der Waals surface area contributed by atoms with E-state index in [-0.39, 0.29) is 0 Å². The van der Waals surface area contributed by atoms with Crippen LogP contribution >= 0.6 is 0 Å². The van der Waals surface area contributed by atoms with E-state index in [1.54, 1.807) is 0 Å². The van der Waals surface area contributed by atoms with Gasteiger partial charge in [-0.3, -0.25) is 4.90 Å². The second kappa shape index (κ2) is 5.05. The minimum Gasteiger partial charge on any atom is -0.329 e. The molecule has 2 heteroatoms. The molecule has 2 aliphatic rings. The van der Waals surface area contributed by atoms with Gasteiger partial charge in [0.15, 0.2) is 0 Å². The van der Waals surface area contributed by atoms with Crippen LogP contribution in [0.2, 0.25) is 0 Å². The first-order valence-electron chi connectivity index (χ1n) is 7.22. The molecule has 2 nitrogen and oxygen atoms in total. The fourth-order valence-corrected chi connectivity index (χ4v) is 4.23. The molecule has 2 saturated carbocycles. The molecule has 0 aliphatic heterocycles. The molecule has 2 fully saturated rings. The third kappa shape index (κ3) is 1.91. The lowest BCUT2D eigenvalue weighted by Crippen LogP contribution is -2.57. The van der Waals surface area contributed by atoms with Gasteiger partial charge in [-0.15, -0.1) is 0 Å². The highest BCUT2D eigenvalue weighted by Gasteiger charge is 2.52. The second-order valence-corrected chi connectivity index (χ2v) is 5.82. The predicted octanol–water partition coefficient (Wildman–Crippen LogP) is 2.63. The van der Waals surface area contributed by atoms with Crippen molar-refractivity contribution in [3.8, 4) is 0 Å². The van der Waals surface area contributed by atoms with Crippen molar-refractivity contribution < 1.29 is 0 Å². The lowest BCUT2D eigenvalue weighted by molar-refractivity contribution is 0.0449. The average molecular weight is 224 g/mol. The van der Waals surface area contributed by atoms with Crippen LogP contribution in [0.1, 0.15) is 52.4 Å². The molecule has 2 N–H and O–H groups in total. The number of likely N-dealkylation sites (N-methyl/N-ethyl adjacent to an activating group) is 1. The Kier molecular flexibility index (Phi) is 3.91. The molecule has 16 heavy (non-hydrogen) atoms. The molecule has 0 spiro atoms. The van der Waals surface area contributed by atoms with Crippen LogP contribution in [-0.4, -0.2) is 30.1 Å². The van der Waals surface area contributed by atoms with E-state index in [9.17, 15) is 0 Å². The fourth-order valence-electron chi connectivity index (χ4n) is 4.23. The minimum absolute atomic E-state index is 0.382. The van der Waals surface area contributed by atoms with Crippen LogP contribution in [0.5, 0.6) is 0 Å². The molecule has 0 aromatic carbocycles. The summed E-state index contributed by atoms with van der Waals surface area (Å²) in [6.07, 6.45) is 8.37. The quantitative estimate of drug-likeness (QED) is 0.751. The summed E-state index contributed by atoms with van der Waals surface area (Å²) in [6.45, 7) is 7.91. The monoisotopic (exact) mass is 224 g/mol. The highest BCUT2D eigenvalue weighted by Crippen LogP contribution is 2.53. The van der Waals surface area contributed by atoms with Crippen LogP contribution in [0.4, 0.5) is 0 Å². The van der Waals surface area contributed by atoms with E-state index >= 15 is 0 Å². The summed E-state index contributed by atoms with van der Waals surface area (Å²) in [4.78, 5) is 2.71. The molecule has 2 rings (SSSR count). The number of hydrogen-bond acceptors (Lipinski definition) is 2. The van der Waals surface area contributed by atoms with E-state index in [0.29, 0.717) is 5.54 Å². The Morgan fingerprint density at radius 2 is 2.12 bits per heavy atom. The van der Waals surface area contributed by atoms with E-state index in [1.165, 1.54) is 51.6 Å². The van der Waals surface area contributed by atoms with Crippen molar-refractivity contribution in [3.63, 3.8) is 0 Å². The van der Waals surface area contributed by atoms with E-state index in [2.05, 4.69) is 18.7 Å². The second-order valence-electron chi connectivity index (χ2n) is 5.82. The van der Waals surface area contributed by atoms with E-state index in [0.717, 1.165) is 18.4 Å². The molecule has 0 aromatic rings. The molecule has 0 saturated heterocycles. The molecule has 0 aromatic heterocycles. The van der Waals surface area contributed by atoms with Crippen LogP contribution in [0, 0.1) is 11.8 Å². The molecule has 0 amide bonds. The van der Waals surface area contributed by atoms with Gasteiger partial charge in [0.25, 0.3) is 0 Å². The van der Waals surface area contributed by atoms with Crippen molar-refractivity contribution in [1.29, 1.82) is 0 Å². The van der Waals surface area contributed by atoms with E-state index < -0.39 is 0 Å². The van der Waals surface area contributed by atoms with Gasteiger partial charge in [-0.1, -0.05) is 26.7 Å². The normalized spacial score (nSPS) is 37.5. The Balaban J connectivity index is 2.07. The van der Waals surface area contributed by atoms with Gasteiger partial charge in [-0.2, -0.15) is 0 Å². The summed E-state index contributed by atoms with van der Waals surface area (Å²) in [5, 5.41) is 0. The molecule has 0 radical (unpaired) electrons. The van der Waals surface area contributed by atoms with Gasteiger partial charge >= 0.3 is 0 Å². The molecule has 94 valence electrons. The maximum Gasteiger partial charge on any atom is 0.0362 e. The van der Waals surface area contributed by atoms with Crippen LogP contribution < -0.4 is 5.73 Å². The fraction of sp³-hybridized carbons (Fsp3) is 1.00. The number of unbranched alkanes of at least 4 members (excludes halogenated alkanes) is 1. The molecule has 3 unspecified atom stereocenters. The van der Waals surface area contributed by atoms with Crippen LogP contribution in [0.25, 0.3) is 0 Å². The topological polar surface area (TPSA) is 29.3 Å². The Morgan fingerprint density at radius 1 is 1.31 bits per heavy atom. The Hall–Kier alpha value is -0.0800. The maximum atomic E-state index is 6.16. The Morgan fingerprint density at radius 3 is 2.56 bits per heavy atom. The van der Waals surface area contributed by atoms with Crippen LogP contribution in [0.15, 0.2) is 0 Å². The van der Waals surface area contributed by atoms with Crippen LogP contribution in [-0.2, 0) is 0 Å². The van der Waals surface area contributed by atoms with Gasteiger partial charge in [0.2, 0.25) is 0 Å². The molecule has 3 atom stereocenters. The third-order valence-corrected chi connectivity index (χ3v) is 5.09. The number of rotatable bonds is 6. The average Bonchev–Trinajstić information content (AvgIpc) is 2.90. The van der Waals surface area contributed by atoms with Gasteiger partial charge in [0.05, 0.1) is 0 Å². The lowest BCUT2D eigenvalue weighted by Gasteiger charge is -2.46. The summed E-state index contributed by atoms with van der Waals surface area (Å²) < 4.78 is 0. The highest BCUT2D eigenvalue weighted by molar-refractivity contribution is 5.08. The van der Waals surface area contributed by atoms with Crippen molar-refractivity contribution in [3.05, 3.63) is 0 Å². The first-order valence-corrected chi connectivity index (χ1v) is 7.22. The predicted molar refractivity (Wildman–Crippen MR) is 69.4 cm³/mol. The summed E-state index contributed by atoms with van der Waals surface area (Å²) in [7, 11) is 0. The maximum absolute atomic E-state index is 6.16. The van der Waals surface area contributed by atoms with Crippen LogP contribution in [0.3, 0.4) is 0 Å². The molecule has 2 bridgehead atoms. The van der Waals surface area contributed by atoms with Crippen molar-refractivity contribution in [2.75, 3.05) is 19.6 Å². The van der Waals surface area contributed by atoms with Crippen molar-refractivity contribution in [2.45, 2.75) is 57.9 Å². The Bertz CT molecular complexity index is 229. The summed E-state index contributed by atoms with van der Waals surface area (Å²) in [6, 6.07) is 0. The number of fused-ring (bicyclic) bond motifs is 2. The van der Waals surface area contributed by atoms with Crippen molar-refractivity contribution in [2.24, 2.45) is 17.6 Å². The molecular formula is C14H28N2. The van der Waals surface area contributed by atoms with Crippen molar-refractivity contribution in [1.82, 2.24) is 4.90 Å². The first kappa shape index (κ1) is 12.4. The largest absolute Gasteiger partial charge is 0.329 e. The van der Waals surface area contributed by atoms with Gasteiger partial charge in [-0.05, 0) is 50.6 Å². The molecule has 0 heterocycles. The zero-order chi connectivity index (χ0) is 11.6.